The van der Waals surface area contributed by atoms with Crippen LogP contribution in [0.25, 0.3) is 0 Å². The molecule has 1 unspecified atom stereocenters. The summed E-state index contributed by atoms with van der Waals surface area (Å²) in [6.07, 6.45) is 0. The Bertz CT molecular complexity index is 1640. The summed E-state index contributed by atoms with van der Waals surface area (Å²) in [5, 5.41) is 9.27. The lowest BCUT2D eigenvalue weighted by Crippen LogP contribution is -2.34. The maximum Gasteiger partial charge on any atom is 0.338 e. The van der Waals surface area contributed by atoms with Crippen LogP contribution in [0.5, 0.6) is 5.75 Å². The second-order valence-corrected chi connectivity index (χ2v) is 11.4. The van der Waals surface area contributed by atoms with Gasteiger partial charge >= 0.3 is 5.97 Å². The van der Waals surface area contributed by atoms with E-state index in [-0.39, 0.29) is 19.1 Å². The van der Waals surface area contributed by atoms with Crippen LogP contribution in [0.3, 0.4) is 0 Å². The average Bonchev–Trinajstić information content (AvgIpc) is 3.45. The Kier molecular flexibility index (Phi) is 10.2. The molecule has 1 aliphatic heterocycles. The number of aromatic nitrogens is 3. The number of amides is 1. The molecule has 0 radical (unpaired) electrons. The van der Waals surface area contributed by atoms with Crippen LogP contribution in [0.4, 0.5) is 5.95 Å². The van der Waals surface area contributed by atoms with Crippen LogP contribution in [-0.2, 0) is 26.7 Å². The summed E-state index contributed by atoms with van der Waals surface area (Å²) in [6, 6.07) is 23.9. The number of rotatable bonds is 12. The molecule has 1 N–H and O–H groups in total. The third-order valence-electron chi connectivity index (χ3n) is 7.25. The van der Waals surface area contributed by atoms with E-state index in [4.69, 9.17) is 31.2 Å². The molecule has 0 spiro atoms. The fourth-order valence-electron chi connectivity index (χ4n) is 4.88. The topological polar surface area (TPSA) is 98.6 Å². The quantitative estimate of drug-likeness (QED) is 0.140. The largest absolute Gasteiger partial charge is 0.484 e. The highest BCUT2D eigenvalue weighted by atomic mass is 35.5. The second-order valence-electron chi connectivity index (χ2n) is 10.1. The number of nitrogens with one attached hydrogen (secondary N) is 1. The van der Waals surface area contributed by atoms with Gasteiger partial charge in [-0.05, 0) is 55.7 Å². The van der Waals surface area contributed by atoms with E-state index < -0.39 is 12.0 Å². The van der Waals surface area contributed by atoms with E-state index in [1.165, 1.54) is 11.8 Å². The first-order valence-corrected chi connectivity index (χ1v) is 15.8. The number of hydrogen-bond acceptors (Lipinski definition) is 8. The molecular formula is C33H34ClN5O4S. The Morgan fingerprint density at radius 1 is 1.00 bits per heavy atom. The summed E-state index contributed by atoms with van der Waals surface area (Å²) in [6.45, 7) is 7.04. The molecular weight excluding hydrogens is 598 g/mol. The Morgan fingerprint density at radius 2 is 1.70 bits per heavy atom. The van der Waals surface area contributed by atoms with E-state index in [1.807, 2.05) is 87.5 Å². The van der Waals surface area contributed by atoms with Crippen molar-refractivity contribution in [2.45, 2.75) is 44.3 Å². The summed E-state index contributed by atoms with van der Waals surface area (Å²) >= 11 is 7.82. The zero-order chi connectivity index (χ0) is 31.1. The van der Waals surface area contributed by atoms with Crippen molar-refractivity contribution in [3.63, 3.8) is 0 Å². The van der Waals surface area contributed by atoms with Crippen molar-refractivity contribution < 1.29 is 19.1 Å². The van der Waals surface area contributed by atoms with Gasteiger partial charge in [0.25, 0.3) is 5.91 Å². The number of likely N-dealkylation sites (N-methyl/N-ethyl adjacent to an activating group) is 1. The van der Waals surface area contributed by atoms with Gasteiger partial charge in [0, 0.05) is 29.6 Å². The SMILES string of the molecule is CCN(CC)C(=O)COc1ccc(C2C(C(=O)OCc3ccccc3)=C(C)Nc3nc(SCc4ccccc4Cl)nn32)cc1. The van der Waals surface area contributed by atoms with Crippen LogP contribution in [0.2, 0.25) is 5.02 Å². The number of nitrogens with zero attached hydrogens (tertiary/aromatic N) is 4. The van der Waals surface area contributed by atoms with Crippen LogP contribution in [0.1, 0.15) is 43.5 Å². The molecule has 2 heterocycles. The number of ether oxygens (including phenoxy) is 2. The molecule has 1 atom stereocenters. The molecule has 5 rings (SSSR count). The molecule has 228 valence electrons. The van der Waals surface area contributed by atoms with Crippen molar-refractivity contribution >= 4 is 41.2 Å². The number of thioether (sulfide) groups is 1. The summed E-state index contributed by atoms with van der Waals surface area (Å²) in [7, 11) is 0. The smallest absolute Gasteiger partial charge is 0.338 e. The fraction of sp³-hybridized carbons (Fsp3) is 0.273. The molecule has 9 nitrogen and oxygen atoms in total. The molecule has 11 heteroatoms. The number of esters is 1. The van der Waals surface area contributed by atoms with Crippen LogP contribution >= 0.6 is 23.4 Å². The molecule has 3 aromatic carbocycles. The molecule has 1 amide bonds. The lowest BCUT2D eigenvalue weighted by atomic mass is 9.95. The number of hydrogen-bond donors (Lipinski definition) is 1. The number of fused-ring (bicyclic) bond motifs is 1. The van der Waals surface area contributed by atoms with Gasteiger partial charge in [0.1, 0.15) is 18.4 Å². The van der Waals surface area contributed by atoms with Crippen LogP contribution in [-0.4, -0.2) is 51.2 Å². The molecule has 1 aliphatic rings. The number of carbonyl (C=O) groups is 2. The first-order valence-electron chi connectivity index (χ1n) is 14.4. The zero-order valence-electron chi connectivity index (χ0n) is 24.8. The van der Waals surface area contributed by atoms with Crippen LogP contribution < -0.4 is 10.1 Å². The predicted molar refractivity (Wildman–Crippen MR) is 172 cm³/mol. The van der Waals surface area contributed by atoms with E-state index in [0.717, 1.165) is 16.7 Å². The first kappa shape index (κ1) is 31.2. The molecule has 1 aromatic heterocycles. The molecule has 0 saturated carbocycles. The Hall–Kier alpha value is -4.28. The number of halogens is 1. The van der Waals surface area contributed by atoms with Crippen molar-refractivity contribution in [3.8, 4) is 5.75 Å². The van der Waals surface area contributed by atoms with Crippen LogP contribution in [0.15, 0.2) is 95.3 Å². The number of benzene rings is 3. The third kappa shape index (κ3) is 7.26. The van der Waals surface area contributed by atoms with E-state index >= 15 is 0 Å². The lowest BCUT2D eigenvalue weighted by Gasteiger charge is -2.28. The standard InChI is InChI=1S/C33H34ClN5O4S/c1-4-38(5-2)28(40)20-42-26-17-15-24(16-18-26)30-29(31(41)43-19-23-11-7-6-8-12-23)22(3)35-32-36-33(37-39(30)32)44-21-25-13-9-10-14-27(25)34/h6-18,30H,4-5,19-21H2,1-3H3,(H,35,36,37). The van der Waals surface area contributed by atoms with E-state index in [2.05, 4.69) is 5.32 Å². The molecule has 0 bridgehead atoms. The maximum absolute atomic E-state index is 13.6. The minimum Gasteiger partial charge on any atom is -0.484 e. The molecule has 44 heavy (non-hydrogen) atoms. The van der Waals surface area contributed by atoms with Crippen molar-refractivity contribution in [1.82, 2.24) is 19.7 Å². The lowest BCUT2D eigenvalue weighted by molar-refractivity contribution is -0.141. The van der Waals surface area contributed by atoms with Crippen molar-refractivity contribution in [1.29, 1.82) is 0 Å². The number of carbonyl (C=O) groups excluding carboxylic acids is 2. The zero-order valence-corrected chi connectivity index (χ0v) is 26.4. The third-order valence-corrected chi connectivity index (χ3v) is 8.51. The highest BCUT2D eigenvalue weighted by molar-refractivity contribution is 7.98. The molecule has 0 fully saturated rings. The summed E-state index contributed by atoms with van der Waals surface area (Å²) in [4.78, 5) is 32.5. The highest BCUT2D eigenvalue weighted by Gasteiger charge is 2.35. The van der Waals surface area contributed by atoms with Gasteiger partial charge in [-0.25, -0.2) is 9.48 Å². The first-order chi connectivity index (χ1) is 21.4. The second kappa shape index (κ2) is 14.5. The van der Waals surface area contributed by atoms with Crippen LogP contribution in [0, 0.1) is 0 Å². The van der Waals surface area contributed by atoms with Gasteiger partial charge in [0.2, 0.25) is 11.1 Å². The predicted octanol–water partition coefficient (Wildman–Crippen LogP) is 6.50. The van der Waals surface area contributed by atoms with Gasteiger partial charge in [-0.2, -0.15) is 4.98 Å². The normalized spacial score (nSPS) is 14.0. The number of allylic oxidation sites excluding steroid dienone is 1. The summed E-state index contributed by atoms with van der Waals surface area (Å²) < 4.78 is 13.3. The Balaban J connectivity index is 1.41. The Labute approximate surface area is 266 Å². The van der Waals surface area contributed by atoms with E-state index in [9.17, 15) is 9.59 Å². The van der Waals surface area contributed by atoms with Gasteiger partial charge < -0.3 is 19.7 Å². The number of anilines is 1. The minimum absolute atomic E-state index is 0.0519. The van der Waals surface area contributed by atoms with Gasteiger partial charge in [0.05, 0.1) is 5.57 Å². The maximum atomic E-state index is 13.6. The fourth-order valence-corrected chi connectivity index (χ4v) is 6.00. The van der Waals surface area contributed by atoms with E-state index in [0.29, 0.717) is 52.0 Å². The monoisotopic (exact) mass is 631 g/mol. The van der Waals surface area contributed by atoms with Gasteiger partial charge in [-0.1, -0.05) is 84.0 Å². The van der Waals surface area contributed by atoms with Crippen molar-refractivity contribution in [3.05, 3.63) is 112 Å². The molecule has 0 saturated heterocycles. The average molecular weight is 632 g/mol. The Morgan fingerprint density at radius 3 is 2.41 bits per heavy atom. The van der Waals surface area contributed by atoms with Crippen molar-refractivity contribution in [2.24, 2.45) is 0 Å². The van der Waals surface area contributed by atoms with Gasteiger partial charge in [-0.3, -0.25) is 4.79 Å². The molecule has 0 aliphatic carbocycles. The molecule has 4 aromatic rings. The highest BCUT2D eigenvalue weighted by Crippen LogP contribution is 2.38. The van der Waals surface area contributed by atoms with Gasteiger partial charge in [-0.15, -0.1) is 5.10 Å². The van der Waals surface area contributed by atoms with E-state index in [1.54, 1.807) is 21.7 Å². The van der Waals surface area contributed by atoms with Crippen molar-refractivity contribution in [2.75, 3.05) is 25.0 Å². The van der Waals surface area contributed by atoms with Gasteiger partial charge in [0.15, 0.2) is 6.61 Å². The minimum atomic E-state index is -0.608. The summed E-state index contributed by atoms with van der Waals surface area (Å²) in [5.74, 6) is 1.12. The summed E-state index contributed by atoms with van der Waals surface area (Å²) in [5.41, 5.74) is 3.70.